The van der Waals surface area contributed by atoms with E-state index in [9.17, 15) is 18.0 Å². The van der Waals surface area contributed by atoms with Crippen LogP contribution < -0.4 is 15.4 Å². The standard InChI is InChI=1S/C15H21F3N2O2/c1-2-3-4-8-19-14(21)20-10-12-6-5-7-13(9-12)22-11-15(16,17)18/h5-7,9H,2-4,8,10-11H2,1H3,(H2,19,20,21). The summed E-state index contributed by atoms with van der Waals surface area (Å²) in [6, 6.07) is 5.92. The van der Waals surface area contributed by atoms with E-state index in [1.54, 1.807) is 12.1 Å². The molecule has 7 heteroatoms. The Hall–Kier alpha value is -1.92. The summed E-state index contributed by atoms with van der Waals surface area (Å²) in [6.45, 7) is 1.58. The molecule has 0 saturated heterocycles. The first-order valence-electron chi connectivity index (χ1n) is 7.21. The first-order valence-corrected chi connectivity index (χ1v) is 7.21. The van der Waals surface area contributed by atoms with E-state index in [2.05, 4.69) is 22.3 Å². The second kappa shape index (κ2) is 9.17. The molecular weight excluding hydrogens is 297 g/mol. The molecule has 0 heterocycles. The summed E-state index contributed by atoms with van der Waals surface area (Å²) < 4.78 is 40.9. The van der Waals surface area contributed by atoms with Gasteiger partial charge in [0.05, 0.1) is 0 Å². The second-order valence-electron chi connectivity index (χ2n) is 4.87. The average molecular weight is 318 g/mol. The molecule has 0 bridgehead atoms. The quantitative estimate of drug-likeness (QED) is 0.719. The Morgan fingerprint density at radius 3 is 2.68 bits per heavy atom. The third-order valence-electron chi connectivity index (χ3n) is 2.82. The zero-order chi connectivity index (χ0) is 16.4. The van der Waals surface area contributed by atoms with Crippen LogP contribution in [0.4, 0.5) is 18.0 Å². The van der Waals surface area contributed by atoms with Crippen molar-refractivity contribution < 1.29 is 22.7 Å². The predicted octanol–water partition coefficient (Wildman–Crippen LogP) is 3.62. The van der Waals surface area contributed by atoms with E-state index in [0.29, 0.717) is 12.1 Å². The number of alkyl halides is 3. The molecule has 1 aromatic rings. The number of nitrogens with one attached hydrogen (secondary N) is 2. The molecule has 1 aromatic carbocycles. The summed E-state index contributed by atoms with van der Waals surface area (Å²) in [4.78, 5) is 11.5. The van der Waals surface area contributed by atoms with Gasteiger partial charge in [-0.15, -0.1) is 0 Å². The molecule has 0 fully saturated rings. The second-order valence-corrected chi connectivity index (χ2v) is 4.87. The van der Waals surface area contributed by atoms with Gasteiger partial charge in [0.25, 0.3) is 0 Å². The van der Waals surface area contributed by atoms with E-state index in [1.165, 1.54) is 12.1 Å². The Morgan fingerprint density at radius 2 is 2.00 bits per heavy atom. The van der Waals surface area contributed by atoms with Gasteiger partial charge in [-0.2, -0.15) is 13.2 Å². The molecule has 0 radical (unpaired) electrons. The molecule has 1 rings (SSSR count). The molecule has 0 aliphatic rings. The SMILES string of the molecule is CCCCCNC(=O)NCc1cccc(OCC(F)(F)F)c1. The highest BCUT2D eigenvalue weighted by Gasteiger charge is 2.28. The number of urea groups is 1. The van der Waals surface area contributed by atoms with Crippen LogP contribution in [0.3, 0.4) is 0 Å². The van der Waals surface area contributed by atoms with E-state index in [1.807, 2.05) is 0 Å². The number of carbonyl (C=O) groups excluding carboxylic acids is 1. The molecule has 22 heavy (non-hydrogen) atoms. The maximum absolute atomic E-state index is 12.1. The smallest absolute Gasteiger partial charge is 0.422 e. The summed E-state index contributed by atoms with van der Waals surface area (Å²) in [5.41, 5.74) is 0.670. The number of hydrogen-bond donors (Lipinski definition) is 2. The molecule has 4 nitrogen and oxygen atoms in total. The number of halogens is 3. The van der Waals surface area contributed by atoms with E-state index in [4.69, 9.17) is 0 Å². The number of ether oxygens (including phenoxy) is 1. The molecule has 0 aliphatic heterocycles. The molecule has 0 saturated carbocycles. The predicted molar refractivity (Wildman–Crippen MR) is 77.8 cm³/mol. The van der Waals surface area contributed by atoms with Gasteiger partial charge in [-0.05, 0) is 24.1 Å². The molecule has 2 N–H and O–H groups in total. The van der Waals surface area contributed by atoms with Crippen LogP contribution in [-0.4, -0.2) is 25.4 Å². The lowest BCUT2D eigenvalue weighted by Gasteiger charge is -2.11. The lowest BCUT2D eigenvalue weighted by molar-refractivity contribution is -0.153. The summed E-state index contributed by atoms with van der Waals surface area (Å²) in [6.07, 6.45) is -1.32. The van der Waals surface area contributed by atoms with Crippen LogP contribution in [0.5, 0.6) is 5.75 Å². The van der Waals surface area contributed by atoms with Gasteiger partial charge >= 0.3 is 12.2 Å². The summed E-state index contributed by atoms with van der Waals surface area (Å²) >= 11 is 0. The summed E-state index contributed by atoms with van der Waals surface area (Å²) in [5.74, 6) is 0.125. The topological polar surface area (TPSA) is 50.4 Å². The summed E-state index contributed by atoms with van der Waals surface area (Å²) in [5, 5.41) is 5.36. The van der Waals surface area contributed by atoms with E-state index in [-0.39, 0.29) is 18.3 Å². The van der Waals surface area contributed by atoms with Crippen molar-refractivity contribution in [2.45, 2.75) is 38.9 Å². The van der Waals surface area contributed by atoms with Crippen molar-refractivity contribution in [1.29, 1.82) is 0 Å². The van der Waals surface area contributed by atoms with Crippen LogP contribution in [0.25, 0.3) is 0 Å². The van der Waals surface area contributed by atoms with Crippen molar-refractivity contribution in [2.24, 2.45) is 0 Å². The molecular formula is C15H21F3N2O2. The number of unbranched alkanes of at least 4 members (excludes halogenated alkanes) is 2. The van der Waals surface area contributed by atoms with Gasteiger partial charge in [-0.3, -0.25) is 0 Å². The summed E-state index contributed by atoms with van der Waals surface area (Å²) in [7, 11) is 0. The Labute approximate surface area is 128 Å². The van der Waals surface area contributed by atoms with Crippen molar-refractivity contribution in [1.82, 2.24) is 10.6 Å². The first kappa shape index (κ1) is 18.1. The van der Waals surface area contributed by atoms with E-state index >= 15 is 0 Å². The molecule has 0 spiro atoms. The number of rotatable bonds is 8. The van der Waals surface area contributed by atoms with Crippen molar-refractivity contribution in [3.63, 3.8) is 0 Å². The van der Waals surface area contributed by atoms with E-state index in [0.717, 1.165) is 19.3 Å². The van der Waals surface area contributed by atoms with Gasteiger partial charge in [0, 0.05) is 13.1 Å². The Kier molecular flexibility index (Phi) is 7.56. The highest BCUT2D eigenvalue weighted by Crippen LogP contribution is 2.19. The zero-order valence-corrected chi connectivity index (χ0v) is 12.5. The van der Waals surface area contributed by atoms with Crippen LogP contribution in [-0.2, 0) is 6.54 Å². The number of hydrogen-bond acceptors (Lipinski definition) is 2. The van der Waals surface area contributed by atoms with E-state index < -0.39 is 12.8 Å². The maximum atomic E-state index is 12.1. The van der Waals surface area contributed by atoms with Gasteiger partial charge in [-0.25, -0.2) is 4.79 Å². The first-order chi connectivity index (χ1) is 10.4. The number of benzene rings is 1. The number of amides is 2. The Morgan fingerprint density at radius 1 is 1.23 bits per heavy atom. The molecule has 0 unspecified atom stereocenters. The van der Waals surface area contributed by atoms with Crippen LogP contribution in [0, 0.1) is 0 Å². The van der Waals surface area contributed by atoms with Gasteiger partial charge < -0.3 is 15.4 Å². The fraction of sp³-hybridized carbons (Fsp3) is 0.533. The lowest BCUT2D eigenvalue weighted by Crippen LogP contribution is -2.35. The lowest BCUT2D eigenvalue weighted by atomic mass is 10.2. The van der Waals surface area contributed by atoms with Crippen LogP contribution in [0.1, 0.15) is 31.7 Å². The maximum Gasteiger partial charge on any atom is 0.422 e. The molecule has 0 atom stereocenters. The molecule has 124 valence electrons. The van der Waals surface area contributed by atoms with Gasteiger partial charge in [0.1, 0.15) is 5.75 Å². The van der Waals surface area contributed by atoms with Crippen LogP contribution in [0.15, 0.2) is 24.3 Å². The normalized spacial score (nSPS) is 11.1. The molecule has 2 amide bonds. The third-order valence-corrected chi connectivity index (χ3v) is 2.82. The monoisotopic (exact) mass is 318 g/mol. The fourth-order valence-corrected chi connectivity index (χ4v) is 1.73. The minimum absolute atomic E-state index is 0.125. The van der Waals surface area contributed by atoms with Crippen LogP contribution in [0.2, 0.25) is 0 Å². The minimum Gasteiger partial charge on any atom is -0.484 e. The van der Waals surface area contributed by atoms with Crippen LogP contribution >= 0.6 is 0 Å². The Balaban J connectivity index is 2.35. The zero-order valence-electron chi connectivity index (χ0n) is 12.5. The highest BCUT2D eigenvalue weighted by molar-refractivity contribution is 5.73. The van der Waals surface area contributed by atoms with Crippen molar-refractivity contribution in [3.05, 3.63) is 29.8 Å². The van der Waals surface area contributed by atoms with Crippen molar-refractivity contribution >= 4 is 6.03 Å². The molecule has 0 aromatic heterocycles. The largest absolute Gasteiger partial charge is 0.484 e. The van der Waals surface area contributed by atoms with Gasteiger partial charge in [-0.1, -0.05) is 31.9 Å². The Bertz CT molecular complexity index is 464. The molecule has 0 aliphatic carbocycles. The van der Waals surface area contributed by atoms with Gasteiger partial charge in [0.15, 0.2) is 6.61 Å². The highest BCUT2D eigenvalue weighted by atomic mass is 19.4. The van der Waals surface area contributed by atoms with Crippen molar-refractivity contribution in [2.75, 3.05) is 13.2 Å². The minimum atomic E-state index is -4.37. The fourth-order valence-electron chi connectivity index (χ4n) is 1.73. The number of carbonyl (C=O) groups is 1. The van der Waals surface area contributed by atoms with Gasteiger partial charge in [0.2, 0.25) is 0 Å². The average Bonchev–Trinajstić information content (AvgIpc) is 2.47. The van der Waals surface area contributed by atoms with Crippen molar-refractivity contribution in [3.8, 4) is 5.75 Å². The third kappa shape index (κ3) is 8.39.